The number of nitrogen functional groups attached to an aromatic ring is 1. The van der Waals surface area contributed by atoms with Crippen LogP contribution in [0.3, 0.4) is 0 Å². The first-order valence-corrected chi connectivity index (χ1v) is 7.30. The van der Waals surface area contributed by atoms with E-state index in [0.29, 0.717) is 23.2 Å². The van der Waals surface area contributed by atoms with E-state index in [1.807, 2.05) is 6.92 Å². The van der Waals surface area contributed by atoms with Gasteiger partial charge in [0.2, 0.25) is 10.0 Å². The van der Waals surface area contributed by atoms with Crippen LogP contribution in [0.1, 0.15) is 24.5 Å². The van der Waals surface area contributed by atoms with Gasteiger partial charge in [-0.05, 0) is 37.5 Å². The molecule has 0 fully saturated rings. The van der Waals surface area contributed by atoms with Crippen molar-refractivity contribution in [3.05, 3.63) is 23.3 Å². The largest absolute Gasteiger partial charge is 0.398 e. The van der Waals surface area contributed by atoms with Crippen molar-refractivity contribution in [3.63, 3.8) is 0 Å². The molecular weight excluding hydrogens is 252 g/mol. The lowest BCUT2D eigenvalue weighted by molar-refractivity contribution is 0.254. The van der Waals surface area contributed by atoms with Crippen LogP contribution in [0, 0.1) is 13.8 Å². The summed E-state index contributed by atoms with van der Waals surface area (Å²) in [5, 5.41) is 9.08. The van der Waals surface area contributed by atoms with Gasteiger partial charge in [-0.15, -0.1) is 0 Å². The van der Waals surface area contributed by atoms with Crippen molar-refractivity contribution in [3.8, 4) is 0 Å². The highest BCUT2D eigenvalue weighted by molar-refractivity contribution is 7.89. The Morgan fingerprint density at radius 1 is 1.39 bits per heavy atom. The second-order valence-electron chi connectivity index (χ2n) is 4.33. The van der Waals surface area contributed by atoms with E-state index < -0.39 is 16.1 Å². The fraction of sp³-hybridized carbons (Fsp3) is 0.500. The summed E-state index contributed by atoms with van der Waals surface area (Å²) in [6.07, 6.45) is 0.524. The number of aliphatic hydroxyl groups is 1. The molecule has 18 heavy (non-hydrogen) atoms. The van der Waals surface area contributed by atoms with Crippen molar-refractivity contribution in [1.29, 1.82) is 0 Å². The molecule has 102 valence electrons. The number of hydrogen-bond acceptors (Lipinski definition) is 4. The molecule has 0 bridgehead atoms. The first-order chi connectivity index (χ1) is 8.33. The van der Waals surface area contributed by atoms with Crippen LogP contribution < -0.4 is 10.5 Å². The van der Waals surface area contributed by atoms with Crippen molar-refractivity contribution >= 4 is 15.7 Å². The van der Waals surface area contributed by atoms with Crippen molar-refractivity contribution in [2.24, 2.45) is 0 Å². The van der Waals surface area contributed by atoms with Crippen LogP contribution in [-0.2, 0) is 10.0 Å². The number of nitrogens with two attached hydrogens (primary N) is 1. The maximum absolute atomic E-state index is 12.3. The molecule has 0 aliphatic carbocycles. The molecule has 0 saturated carbocycles. The Morgan fingerprint density at radius 2 is 2.00 bits per heavy atom. The van der Waals surface area contributed by atoms with E-state index in [4.69, 9.17) is 10.8 Å². The normalized spacial score (nSPS) is 13.6. The molecular formula is C12H20N2O3S. The molecule has 0 amide bonds. The monoisotopic (exact) mass is 272 g/mol. The summed E-state index contributed by atoms with van der Waals surface area (Å²) in [7, 11) is -3.66. The average molecular weight is 272 g/mol. The van der Waals surface area contributed by atoms with Crippen LogP contribution >= 0.6 is 0 Å². The van der Waals surface area contributed by atoms with Crippen LogP contribution in [-0.4, -0.2) is 26.2 Å². The number of nitrogens with one attached hydrogen (secondary N) is 1. The summed E-state index contributed by atoms with van der Waals surface area (Å²) in [6.45, 7) is 4.98. The van der Waals surface area contributed by atoms with E-state index in [1.165, 1.54) is 0 Å². The van der Waals surface area contributed by atoms with Gasteiger partial charge in [-0.25, -0.2) is 13.1 Å². The molecule has 0 aliphatic heterocycles. The van der Waals surface area contributed by atoms with Gasteiger partial charge in [-0.1, -0.05) is 13.0 Å². The molecule has 1 unspecified atom stereocenters. The zero-order chi connectivity index (χ0) is 13.9. The lowest BCUT2D eigenvalue weighted by atomic mass is 10.1. The molecule has 4 N–H and O–H groups in total. The van der Waals surface area contributed by atoms with Crippen molar-refractivity contribution in [1.82, 2.24) is 4.72 Å². The molecule has 6 heteroatoms. The van der Waals surface area contributed by atoms with Gasteiger partial charge in [0.05, 0.1) is 11.5 Å². The van der Waals surface area contributed by atoms with Crippen LogP contribution in [0.4, 0.5) is 5.69 Å². The maximum atomic E-state index is 12.3. The Bertz CT molecular complexity index is 522. The molecule has 0 radical (unpaired) electrons. The predicted octanol–water partition coefficient (Wildman–Crippen LogP) is 0.935. The quantitative estimate of drug-likeness (QED) is 0.695. The third-order valence-electron chi connectivity index (χ3n) is 2.95. The number of aryl methyl sites for hydroxylation is 1. The lowest BCUT2D eigenvalue weighted by Crippen LogP contribution is -2.37. The van der Waals surface area contributed by atoms with E-state index >= 15 is 0 Å². The maximum Gasteiger partial charge on any atom is 0.241 e. The third kappa shape index (κ3) is 3.01. The molecule has 0 saturated heterocycles. The second-order valence-corrected chi connectivity index (χ2v) is 5.99. The number of hydrogen-bond donors (Lipinski definition) is 3. The van der Waals surface area contributed by atoms with Gasteiger partial charge in [0.1, 0.15) is 0 Å². The van der Waals surface area contributed by atoms with Gasteiger partial charge in [0, 0.05) is 11.7 Å². The smallest absolute Gasteiger partial charge is 0.241 e. The summed E-state index contributed by atoms with van der Waals surface area (Å²) in [6, 6.07) is 2.89. The molecule has 5 nitrogen and oxygen atoms in total. The van der Waals surface area contributed by atoms with E-state index in [1.54, 1.807) is 26.0 Å². The van der Waals surface area contributed by atoms with E-state index in [9.17, 15) is 8.42 Å². The molecule has 0 aromatic heterocycles. The fourth-order valence-electron chi connectivity index (χ4n) is 1.78. The Balaban J connectivity index is 3.25. The van der Waals surface area contributed by atoms with E-state index in [0.717, 1.165) is 0 Å². The number of sulfonamides is 1. The number of rotatable bonds is 5. The fourth-order valence-corrected chi connectivity index (χ4v) is 3.59. The zero-order valence-electron chi connectivity index (χ0n) is 10.9. The van der Waals surface area contributed by atoms with Crippen LogP contribution in [0.2, 0.25) is 0 Å². The number of aliphatic hydroxyl groups excluding tert-OH is 1. The first-order valence-electron chi connectivity index (χ1n) is 5.82. The molecule has 1 atom stereocenters. The molecule has 1 aromatic rings. The van der Waals surface area contributed by atoms with Crippen LogP contribution in [0.15, 0.2) is 17.0 Å². The Morgan fingerprint density at radius 3 is 2.50 bits per heavy atom. The summed E-state index contributed by atoms with van der Waals surface area (Å²) in [5.41, 5.74) is 7.36. The minimum Gasteiger partial charge on any atom is -0.398 e. The Kier molecular flexibility index (Phi) is 4.72. The minimum absolute atomic E-state index is 0.203. The zero-order valence-corrected chi connectivity index (χ0v) is 11.7. The summed E-state index contributed by atoms with van der Waals surface area (Å²) < 4.78 is 27.0. The van der Waals surface area contributed by atoms with E-state index in [2.05, 4.69) is 4.72 Å². The average Bonchev–Trinajstić information content (AvgIpc) is 2.31. The van der Waals surface area contributed by atoms with Crippen molar-refractivity contribution < 1.29 is 13.5 Å². The van der Waals surface area contributed by atoms with E-state index in [-0.39, 0.29) is 11.5 Å². The first kappa shape index (κ1) is 14.9. The summed E-state index contributed by atoms with van der Waals surface area (Å²) in [4.78, 5) is 0.203. The highest BCUT2D eigenvalue weighted by atomic mass is 32.2. The highest BCUT2D eigenvalue weighted by Crippen LogP contribution is 2.24. The highest BCUT2D eigenvalue weighted by Gasteiger charge is 2.23. The molecule has 1 aromatic carbocycles. The number of anilines is 1. The topological polar surface area (TPSA) is 92.4 Å². The molecule has 1 rings (SSSR count). The van der Waals surface area contributed by atoms with Crippen LogP contribution in [0.5, 0.6) is 0 Å². The lowest BCUT2D eigenvalue weighted by Gasteiger charge is -2.18. The summed E-state index contributed by atoms with van der Waals surface area (Å²) in [5.74, 6) is 0. The van der Waals surface area contributed by atoms with Gasteiger partial charge in [-0.2, -0.15) is 0 Å². The van der Waals surface area contributed by atoms with Gasteiger partial charge in [-0.3, -0.25) is 0 Å². The Hall–Kier alpha value is -1.11. The van der Waals surface area contributed by atoms with Gasteiger partial charge >= 0.3 is 0 Å². The molecule has 0 aliphatic rings. The standard InChI is InChI=1S/C12H20N2O3S/c1-4-10(7-15)14-18(16,17)12-8(2)5-6-11(13)9(12)3/h5-6,10,14-15H,4,7,13H2,1-3H3. The van der Waals surface area contributed by atoms with Gasteiger partial charge in [0.25, 0.3) is 0 Å². The predicted molar refractivity (Wildman–Crippen MR) is 71.8 cm³/mol. The molecule has 0 spiro atoms. The van der Waals surface area contributed by atoms with Crippen molar-refractivity contribution in [2.45, 2.75) is 38.1 Å². The second kappa shape index (κ2) is 5.69. The van der Waals surface area contributed by atoms with Crippen LogP contribution in [0.25, 0.3) is 0 Å². The van der Waals surface area contributed by atoms with Gasteiger partial charge in [0.15, 0.2) is 0 Å². The summed E-state index contributed by atoms with van der Waals surface area (Å²) >= 11 is 0. The third-order valence-corrected chi connectivity index (χ3v) is 4.76. The van der Waals surface area contributed by atoms with Gasteiger partial charge < -0.3 is 10.8 Å². The molecule has 0 heterocycles. The number of benzene rings is 1. The minimum atomic E-state index is -3.66. The SMILES string of the molecule is CCC(CO)NS(=O)(=O)c1c(C)ccc(N)c1C. The van der Waals surface area contributed by atoms with Crippen molar-refractivity contribution in [2.75, 3.05) is 12.3 Å². The Labute approximate surface area is 108 Å².